The number of aromatic nitrogens is 2. The number of hydrogen-bond donors (Lipinski definition) is 3. The monoisotopic (exact) mass is 321 g/mol. The fraction of sp³-hybridized carbons (Fsp3) is 0.0909. The number of anilines is 3. The van der Waals surface area contributed by atoms with Gasteiger partial charge in [0.05, 0.1) is 5.56 Å². The molecule has 112 valence electrons. The van der Waals surface area contributed by atoms with Crippen LogP contribution in [-0.2, 0) is 6.18 Å². The molecular weight excluding hydrogens is 314 g/mol. The molecule has 1 aromatic heterocycles. The van der Waals surface area contributed by atoms with E-state index in [4.69, 9.17) is 17.4 Å². The molecule has 10 heteroatoms. The zero-order chi connectivity index (χ0) is 15.6. The standard InChI is InChI=1S/C11H8ClF4N5/c12-8-4-9(20-10(19-8)21-17)18-5-1-2-7(13)6(3-5)11(14,15)16/h1-4H,17H2,(H2,18,19,20,21). The summed E-state index contributed by atoms with van der Waals surface area (Å²) in [5, 5.41) is 2.59. The minimum absolute atomic E-state index is 0.0125. The predicted molar refractivity (Wildman–Crippen MR) is 69.5 cm³/mol. The van der Waals surface area contributed by atoms with E-state index in [2.05, 4.69) is 20.7 Å². The lowest BCUT2D eigenvalue weighted by molar-refractivity contribution is -0.139. The highest BCUT2D eigenvalue weighted by atomic mass is 35.5. The van der Waals surface area contributed by atoms with Crippen molar-refractivity contribution < 1.29 is 17.6 Å². The number of nitrogens with zero attached hydrogens (tertiary/aromatic N) is 2. The lowest BCUT2D eigenvalue weighted by Gasteiger charge is -2.12. The SMILES string of the molecule is NNc1nc(Cl)cc(Nc2ccc(F)c(C(F)(F)F)c2)n1. The molecule has 4 N–H and O–H groups in total. The van der Waals surface area contributed by atoms with E-state index in [1.807, 2.05) is 0 Å². The topological polar surface area (TPSA) is 75.9 Å². The summed E-state index contributed by atoms with van der Waals surface area (Å²) in [4.78, 5) is 7.55. The maximum atomic E-state index is 13.2. The maximum absolute atomic E-state index is 13.2. The fourth-order valence-corrected chi connectivity index (χ4v) is 1.70. The summed E-state index contributed by atoms with van der Waals surface area (Å²) < 4.78 is 51.0. The Morgan fingerprint density at radius 2 is 1.86 bits per heavy atom. The summed E-state index contributed by atoms with van der Waals surface area (Å²) in [6.45, 7) is 0. The van der Waals surface area contributed by atoms with Crippen molar-refractivity contribution >= 4 is 29.1 Å². The molecule has 21 heavy (non-hydrogen) atoms. The van der Waals surface area contributed by atoms with E-state index in [0.29, 0.717) is 12.1 Å². The number of nitrogen functional groups attached to an aromatic ring is 1. The van der Waals surface area contributed by atoms with Gasteiger partial charge in [0.25, 0.3) is 0 Å². The van der Waals surface area contributed by atoms with Gasteiger partial charge in [0.2, 0.25) is 5.95 Å². The molecule has 0 aliphatic rings. The zero-order valence-electron chi connectivity index (χ0n) is 10.2. The van der Waals surface area contributed by atoms with Gasteiger partial charge in [-0.3, -0.25) is 5.43 Å². The number of nitrogens with two attached hydrogens (primary N) is 1. The molecule has 0 unspecified atom stereocenters. The van der Waals surface area contributed by atoms with Crippen LogP contribution in [0, 0.1) is 5.82 Å². The van der Waals surface area contributed by atoms with E-state index in [1.54, 1.807) is 0 Å². The average Bonchev–Trinajstić information content (AvgIpc) is 2.39. The van der Waals surface area contributed by atoms with E-state index in [9.17, 15) is 17.6 Å². The van der Waals surface area contributed by atoms with Crippen LogP contribution < -0.4 is 16.6 Å². The second kappa shape index (κ2) is 5.70. The van der Waals surface area contributed by atoms with Crippen LogP contribution >= 0.6 is 11.6 Å². The Labute approximate surface area is 121 Å². The highest BCUT2D eigenvalue weighted by molar-refractivity contribution is 6.29. The predicted octanol–water partition coefficient (Wildman–Crippen LogP) is 3.32. The third-order valence-corrected chi connectivity index (χ3v) is 2.56. The van der Waals surface area contributed by atoms with Gasteiger partial charge in [0.15, 0.2) is 0 Å². The summed E-state index contributed by atoms with van der Waals surface area (Å²) in [5.74, 6) is 3.83. The molecule has 0 fully saturated rings. The average molecular weight is 322 g/mol. The lowest BCUT2D eigenvalue weighted by Crippen LogP contribution is -2.12. The van der Waals surface area contributed by atoms with Crippen LogP contribution in [0.4, 0.5) is 35.0 Å². The molecule has 0 saturated carbocycles. The van der Waals surface area contributed by atoms with Gasteiger partial charge in [-0.15, -0.1) is 0 Å². The number of halogens is 5. The molecule has 2 rings (SSSR count). The number of benzene rings is 1. The molecule has 2 aromatic rings. The van der Waals surface area contributed by atoms with Gasteiger partial charge in [0, 0.05) is 11.8 Å². The van der Waals surface area contributed by atoms with Crippen molar-refractivity contribution in [2.75, 3.05) is 10.7 Å². The van der Waals surface area contributed by atoms with Crippen LogP contribution in [0.25, 0.3) is 0 Å². The van der Waals surface area contributed by atoms with Gasteiger partial charge in [-0.05, 0) is 18.2 Å². The number of hydrogen-bond acceptors (Lipinski definition) is 5. The molecule has 0 atom stereocenters. The zero-order valence-corrected chi connectivity index (χ0v) is 10.9. The van der Waals surface area contributed by atoms with Gasteiger partial charge in [0.1, 0.15) is 16.8 Å². The Balaban J connectivity index is 2.34. The van der Waals surface area contributed by atoms with E-state index >= 15 is 0 Å². The van der Waals surface area contributed by atoms with Crippen molar-refractivity contribution in [1.82, 2.24) is 9.97 Å². The second-order valence-electron chi connectivity index (χ2n) is 3.86. The van der Waals surface area contributed by atoms with E-state index < -0.39 is 17.6 Å². The van der Waals surface area contributed by atoms with E-state index in [1.165, 1.54) is 6.07 Å². The van der Waals surface area contributed by atoms with Crippen LogP contribution in [0.2, 0.25) is 5.15 Å². The molecule has 1 heterocycles. The van der Waals surface area contributed by atoms with E-state index in [0.717, 1.165) is 6.07 Å². The first kappa shape index (κ1) is 15.3. The van der Waals surface area contributed by atoms with Gasteiger partial charge >= 0.3 is 6.18 Å². The highest BCUT2D eigenvalue weighted by Gasteiger charge is 2.34. The van der Waals surface area contributed by atoms with Crippen molar-refractivity contribution in [1.29, 1.82) is 0 Å². The van der Waals surface area contributed by atoms with Crippen LogP contribution in [0.3, 0.4) is 0 Å². The first-order valence-electron chi connectivity index (χ1n) is 5.44. The first-order chi connectivity index (χ1) is 9.79. The van der Waals surface area contributed by atoms with Crippen LogP contribution in [0.5, 0.6) is 0 Å². The molecule has 0 amide bonds. The summed E-state index contributed by atoms with van der Waals surface area (Å²) in [6.07, 6.45) is -4.80. The maximum Gasteiger partial charge on any atom is 0.419 e. The van der Waals surface area contributed by atoms with Gasteiger partial charge in [-0.1, -0.05) is 11.6 Å². The lowest BCUT2D eigenvalue weighted by atomic mass is 10.2. The smallest absolute Gasteiger partial charge is 0.340 e. The Morgan fingerprint density at radius 1 is 1.14 bits per heavy atom. The minimum Gasteiger partial charge on any atom is -0.340 e. The molecule has 0 bridgehead atoms. The Hall–Kier alpha value is -2.13. The normalized spacial score (nSPS) is 11.3. The van der Waals surface area contributed by atoms with Gasteiger partial charge in [-0.25, -0.2) is 10.2 Å². The minimum atomic E-state index is -4.80. The van der Waals surface area contributed by atoms with Crippen molar-refractivity contribution in [2.24, 2.45) is 5.84 Å². The highest BCUT2D eigenvalue weighted by Crippen LogP contribution is 2.33. The number of nitrogens with one attached hydrogen (secondary N) is 2. The third-order valence-electron chi connectivity index (χ3n) is 2.37. The molecule has 0 spiro atoms. The van der Waals surface area contributed by atoms with Crippen LogP contribution in [0.1, 0.15) is 5.56 Å². The van der Waals surface area contributed by atoms with E-state index in [-0.39, 0.29) is 22.6 Å². The molecule has 0 saturated heterocycles. The Morgan fingerprint density at radius 3 is 2.48 bits per heavy atom. The number of alkyl halides is 3. The number of rotatable bonds is 3. The molecule has 0 aliphatic heterocycles. The quantitative estimate of drug-likeness (QED) is 0.350. The van der Waals surface area contributed by atoms with Crippen LogP contribution in [-0.4, -0.2) is 9.97 Å². The summed E-state index contributed by atoms with van der Waals surface area (Å²) in [6, 6.07) is 3.74. The molecular formula is C11H8ClF4N5. The van der Waals surface area contributed by atoms with Crippen LogP contribution in [0.15, 0.2) is 24.3 Å². The molecule has 5 nitrogen and oxygen atoms in total. The third kappa shape index (κ3) is 3.70. The summed E-state index contributed by atoms with van der Waals surface area (Å²) >= 11 is 5.70. The first-order valence-corrected chi connectivity index (χ1v) is 5.82. The van der Waals surface area contributed by atoms with Crippen molar-refractivity contribution in [3.05, 3.63) is 40.8 Å². The molecule has 1 aromatic carbocycles. The summed E-state index contributed by atoms with van der Waals surface area (Å²) in [7, 11) is 0. The van der Waals surface area contributed by atoms with Gasteiger partial charge < -0.3 is 5.32 Å². The second-order valence-corrected chi connectivity index (χ2v) is 4.25. The number of hydrazine groups is 1. The Bertz CT molecular complexity index is 662. The van der Waals surface area contributed by atoms with Crippen molar-refractivity contribution in [2.45, 2.75) is 6.18 Å². The summed E-state index contributed by atoms with van der Waals surface area (Å²) in [5.41, 5.74) is 0.755. The Kier molecular flexibility index (Phi) is 4.14. The fourth-order valence-electron chi connectivity index (χ4n) is 1.51. The molecule has 0 aliphatic carbocycles. The molecule has 0 radical (unpaired) electrons. The van der Waals surface area contributed by atoms with Crippen molar-refractivity contribution in [3.8, 4) is 0 Å². The van der Waals surface area contributed by atoms with Gasteiger partial charge in [-0.2, -0.15) is 23.1 Å². The largest absolute Gasteiger partial charge is 0.419 e. The van der Waals surface area contributed by atoms with Crippen molar-refractivity contribution in [3.63, 3.8) is 0 Å².